The molecule has 1 amide bonds. The second-order valence-electron chi connectivity index (χ2n) is 3.30. The van der Waals surface area contributed by atoms with E-state index in [4.69, 9.17) is 0 Å². The van der Waals surface area contributed by atoms with Gasteiger partial charge in [-0.3, -0.25) is 4.79 Å². The van der Waals surface area contributed by atoms with E-state index in [-0.39, 0.29) is 11.5 Å². The van der Waals surface area contributed by atoms with Crippen LogP contribution in [0, 0.1) is 17.6 Å². The number of nitrogens with one attached hydrogen (secondary N) is 1. The second-order valence-corrected chi connectivity index (χ2v) is 6.54. The van der Waals surface area contributed by atoms with Crippen LogP contribution in [0.3, 0.4) is 0 Å². The predicted octanol–water partition coefficient (Wildman–Crippen LogP) is 3.47. The summed E-state index contributed by atoms with van der Waals surface area (Å²) in [7, 11) is 0. The van der Waals surface area contributed by atoms with E-state index in [1.807, 2.05) is 52.1 Å². The number of halogens is 3. The van der Waals surface area contributed by atoms with Gasteiger partial charge in [0.2, 0.25) is 5.91 Å². The Balaban J connectivity index is 3.61. The van der Waals surface area contributed by atoms with E-state index in [0.717, 1.165) is 9.13 Å². The highest BCUT2D eigenvalue weighted by atomic mass is 127. The molecule has 0 fully saturated rings. The van der Waals surface area contributed by atoms with Crippen molar-refractivity contribution >= 4 is 85.3 Å². The number of carboxylic acid groups (broad SMARTS) is 1. The number of hydrogen-bond acceptors (Lipinski definition) is 2. The number of aromatic carboxylic acids is 1. The van der Waals surface area contributed by atoms with Crippen molar-refractivity contribution < 1.29 is 14.7 Å². The van der Waals surface area contributed by atoms with Gasteiger partial charge in [0.1, 0.15) is 0 Å². The Morgan fingerprint density at radius 2 is 1.65 bits per heavy atom. The molecule has 2 N–H and O–H groups in total. The van der Waals surface area contributed by atoms with Crippen LogP contribution >= 0.6 is 67.8 Å². The highest BCUT2D eigenvalue weighted by molar-refractivity contribution is 14.1. The molecule has 7 heteroatoms. The molecule has 0 saturated carbocycles. The molecule has 0 aromatic heterocycles. The quantitative estimate of drug-likeness (QED) is 0.536. The predicted molar refractivity (Wildman–Crippen MR) is 90.6 cm³/mol. The van der Waals surface area contributed by atoms with Gasteiger partial charge in [0.25, 0.3) is 0 Å². The summed E-state index contributed by atoms with van der Waals surface area (Å²) in [6, 6.07) is 0. The number of carboxylic acids is 1. The molecule has 1 aromatic rings. The first-order valence-corrected chi connectivity index (χ1v) is 7.69. The van der Waals surface area contributed by atoms with Crippen LogP contribution in [0.4, 0.5) is 5.69 Å². The van der Waals surface area contributed by atoms with Gasteiger partial charge in [0.15, 0.2) is 0 Å². The summed E-state index contributed by atoms with van der Waals surface area (Å²) in [6.45, 7) is 3.25. The van der Waals surface area contributed by atoms with Gasteiger partial charge in [0, 0.05) is 14.1 Å². The third kappa shape index (κ3) is 3.22. The Labute approximate surface area is 139 Å². The third-order valence-electron chi connectivity index (χ3n) is 2.05. The van der Waals surface area contributed by atoms with Crippen molar-refractivity contribution in [1.29, 1.82) is 0 Å². The normalized spacial score (nSPS) is 10.2. The summed E-state index contributed by atoms with van der Waals surface area (Å²) in [5.74, 6) is -1.19. The molecule has 92 valence electrons. The summed E-state index contributed by atoms with van der Waals surface area (Å²) in [5.41, 5.74) is 1.69. The second kappa shape index (κ2) is 5.99. The summed E-state index contributed by atoms with van der Waals surface area (Å²) < 4.78 is 2.14. The first kappa shape index (κ1) is 15.4. The fourth-order valence-electron chi connectivity index (χ4n) is 1.26. The molecule has 0 aliphatic heterocycles. The van der Waals surface area contributed by atoms with Crippen LogP contribution < -0.4 is 5.32 Å². The molecular formula is C10H8I3NO3. The van der Waals surface area contributed by atoms with E-state index in [0.29, 0.717) is 12.8 Å². The van der Waals surface area contributed by atoms with Gasteiger partial charge < -0.3 is 10.4 Å². The number of rotatable bonds is 2. The zero-order valence-corrected chi connectivity index (χ0v) is 15.4. The molecular weight excluding hydrogens is 563 g/mol. The van der Waals surface area contributed by atoms with E-state index in [2.05, 4.69) is 27.9 Å². The first-order valence-electron chi connectivity index (χ1n) is 4.45. The van der Waals surface area contributed by atoms with Crippen LogP contribution in [-0.4, -0.2) is 17.0 Å². The molecule has 0 aliphatic rings. The van der Waals surface area contributed by atoms with Crippen molar-refractivity contribution in [2.45, 2.75) is 13.8 Å². The van der Waals surface area contributed by atoms with E-state index < -0.39 is 5.97 Å². The number of benzene rings is 1. The highest BCUT2D eigenvalue weighted by Gasteiger charge is 2.22. The van der Waals surface area contributed by atoms with Crippen LogP contribution in [-0.2, 0) is 4.79 Å². The summed E-state index contributed by atoms with van der Waals surface area (Å²) in [4.78, 5) is 22.3. The monoisotopic (exact) mass is 571 g/mol. The van der Waals surface area contributed by atoms with Crippen molar-refractivity contribution in [3.63, 3.8) is 0 Å². The first-order chi connectivity index (χ1) is 7.77. The topological polar surface area (TPSA) is 66.4 Å². The molecule has 0 heterocycles. The third-order valence-corrected chi connectivity index (χ3v) is 5.83. The van der Waals surface area contributed by atoms with E-state index in [1.165, 1.54) is 6.92 Å². The van der Waals surface area contributed by atoms with Gasteiger partial charge in [-0.25, -0.2) is 4.79 Å². The van der Waals surface area contributed by atoms with Gasteiger partial charge in [0.05, 0.1) is 14.8 Å². The Kier molecular flexibility index (Phi) is 5.43. The van der Waals surface area contributed by atoms with E-state index in [1.54, 1.807) is 0 Å². The smallest absolute Gasteiger partial charge is 0.337 e. The molecule has 0 unspecified atom stereocenters. The zero-order chi connectivity index (χ0) is 13.3. The Bertz CT molecular complexity index is 514. The van der Waals surface area contributed by atoms with Gasteiger partial charge >= 0.3 is 5.97 Å². The average molecular weight is 571 g/mol. The molecule has 0 bridgehead atoms. The lowest BCUT2D eigenvalue weighted by Crippen LogP contribution is -2.14. The molecule has 1 aromatic carbocycles. The zero-order valence-electron chi connectivity index (χ0n) is 8.90. The fraction of sp³-hybridized carbons (Fsp3) is 0.200. The lowest BCUT2D eigenvalue weighted by Gasteiger charge is -2.15. The summed E-state index contributed by atoms with van der Waals surface area (Å²) >= 11 is 6.08. The molecule has 4 nitrogen and oxygen atoms in total. The van der Waals surface area contributed by atoms with Crippen LogP contribution in [0.2, 0.25) is 0 Å². The van der Waals surface area contributed by atoms with Crippen molar-refractivity contribution in [3.8, 4) is 0 Å². The van der Waals surface area contributed by atoms with Crippen molar-refractivity contribution in [1.82, 2.24) is 0 Å². The lowest BCUT2D eigenvalue weighted by atomic mass is 10.1. The van der Waals surface area contributed by atoms with Crippen molar-refractivity contribution in [2.75, 3.05) is 5.32 Å². The minimum absolute atomic E-state index is 0.210. The van der Waals surface area contributed by atoms with Gasteiger partial charge in [-0.2, -0.15) is 0 Å². The fourth-order valence-corrected chi connectivity index (χ4v) is 5.16. The van der Waals surface area contributed by atoms with Gasteiger partial charge in [-0.05, 0) is 80.3 Å². The van der Waals surface area contributed by atoms with Crippen LogP contribution in [0.25, 0.3) is 0 Å². The Morgan fingerprint density at radius 1 is 1.12 bits per heavy atom. The lowest BCUT2D eigenvalue weighted by molar-refractivity contribution is -0.114. The van der Waals surface area contributed by atoms with E-state index in [9.17, 15) is 14.7 Å². The molecule has 1 rings (SSSR count). The number of anilines is 1. The van der Waals surface area contributed by atoms with Crippen LogP contribution in [0.15, 0.2) is 0 Å². The maximum absolute atomic E-state index is 11.2. The van der Waals surface area contributed by atoms with Gasteiger partial charge in [-0.1, -0.05) is 0 Å². The number of carbonyl (C=O) groups excluding carboxylic acids is 1. The molecule has 17 heavy (non-hydrogen) atoms. The van der Waals surface area contributed by atoms with Crippen molar-refractivity contribution in [2.24, 2.45) is 0 Å². The highest BCUT2D eigenvalue weighted by Crippen LogP contribution is 2.35. The standard InChI is InChI=1S/C10H8I3NO3/c1-3-6(11)5(10(16)17)8(13)9(7(3)12)14-4(2)15/h1-2H3,(H,14,15)(H,16,17). The molecule has 0 spiro atoms. The summed E-state index contributed by atoms with van der Waals surface area (Å²) in [5, 5.41) is 11.9. The Morgan fingerprint density at radius 3 is 2.06 bits per heavy atom. The summed E-state index contributed by atoms with van der Waals surface area (Å²) in [6.07, 6.45) is 0. The minimum Gasteiger partial charge on any atom is -0.478 e. The SMILES string of the molecule is CC(=O)Nc1c(I)c(C)c(I)c(C(=O)O)c1I. The molecule has 0 radical (unpaired) electrons. The van der Waals surface area contributed by atoms with Crippen LogP contribution in [0.1, 0.15) is 22.8 Å². The van der Waals surface area contributed by atoms with E-state index >= 15 is 0 Å². The number of hydrogen-bond donors (Lipinski definition) is 2. The maximum atomic E-state index is 11.2. The van der Waals surface area contributed by atoms with Crippen molar-refractivity contribution in [3.05, 3.63) is 21.8 Å². The Hall–Kier alpha value is 0.350. The maximum Gasteiger partial charge on any atom is 0.337 e. The molecule has 0 saturated heterocycles. The minimum atomic E-state index is -0.982. The average Bonchev–Trinajstić information content (AvgIpc) is 2.21. The van der Waals surface area contributed by atoms with Gasteiger partial charge in [-0.15, -0.1) is 0 Å². The molecule has 0 aliphatic carbocycles. The molecule has 0 atom stereocenters. The van der Waals surface area contributed by atoms with Crippen LogP contribution in [0.5, 0.6) is 0 Å². The number of amides is 1. The largest absolute Gasteiger partial charge is 0.478 e. The number of carbonyl (C=O) groups is 2.